The van der Waals surface area contributed by atoms with Gasteiger partial charge < -0.3 is 4.74 Å². The van der Waals surface area contributed by atoms with Crippen molar-refractivity contribution in [3.05, 3.63) is 0 Å². The Hall–Kier alpha value is 0.440. The molecule has 2 aliphatic rings. The van der Waals surface area contributed by atoms with E-state index in [0.29, 0.717) is 6.10 Å². The molecule has 2 heteroatoms. The molecular formula is C14H25BrO. The molecule has 1 nitrogen and oxygen atoms in total. The van der Waals surface area contributed by atoms with Gasteiger partial charge >= 0.3 is 0 Å². The van der Waals surface area contributed by atoms with E-state index in [1.54, 1.807) is 0 Å². The molecule has 0 N–H and O–H groups in total. The quantitative estimate of drug-likeness (QED) is 0.509. The summed E-state index contributed by atoms with van der Waals surface area (Å²) in [6, 6.07) is 0. The lowest BCUT2D eigenvalue weighted by Gasteiger charge is -2.17. The van der Waals surface area contributed by atoms with Crippen molar-refractivity contribution in [2.24, 2.45) is 5.92 Å². The largest absolute Gasteiger partial charge is 0.378 e. The SMILES string of the molecule is BrC(CCCCC1CCCO1)C1CCCC1. The Morgan fingerprint density at radius 2 is 1.88 bits per heavy atom. The van der Waals surface area contributed by atoms with Crippen LogP contribution in [-0.4, -0.2) is 17.5 Å². The first kappa shape index (κ1) is 12.9. The molecule has 0 amide bonds. The summed E-state index contributed by atoms with van der Waals surface area (Å²) in [5, 5.41) is 0. The van der Waals surface area contributed by atoms with Gasteiger partial charge in [0.15, 0.2) is 0 Å². The minimum atomic E-state index is 0.597. The van der Waals surface area contributed by atoms with Crippen LogP contribution in [0.25, 0.3) is 0 Å². The lowest BCUT2D eigenvalue weighted by Crippen LogP contribution is -2.11. The van der Waals surface area contributed by atoms with Gasteiger partial charge in [0, 0.05) is 11.4 Å². The number of unbranched alkanes of at least 4 members (excludes halogenated alkanes) is 1. The van der Waals surface area contributed by atoms with Crippen LogP contribution in [0.1, 0.15) is 64.2 Å². The van der Waals surface area contributed by atoms with Gasteiger partial charge in [-0.15, -0.1) is 0 Å². The number of hydrogen-bond donors (Lipinski definition) is 0. The molecule has 1 aliphatic carbocycles. The second kappa shape index (κ2) is 7.00. The number of ether oxygens (including phenoxy) is 1. The fraction of sp³-hybridized carbons (Fsp3) is 1.00. The van der Waals surface area contributed by atoms with Crippen molar-refractivity contribution >= 4 is 15.9 Å². The van der Waals surface area contributed by atoms with Crippen LogP contribution in [0.2, 0.25) is 0 Å². The highest BCUT2D eigenvalue weighted by molar-refractivity contribution is 9.09. The van der Waals surface area contributed by atoms with E-state index in [1.165, 1.54) is 64.2 Å². The second-order valence-electron chi connectivity index (χ2n) is 5.48. The van der Waals surface area contributed by atoms with E-state index in [2.05, 4.69) is 15.9 Å². The van der Waals surface area contributed by atoms with Crippen LogP contribution in [0.4, 0.5) is 0 Å². The summed E-state index contributed by atoms with van der Waals surface area (Å²) in [4.78, 5) is 0.791. The van der Waals surface area contributed by atoms with Crippen molar-refractivity contribution in [1.29, 1.82) is 0 Å². The summed E-state index contributed by atoms with van der Waals surface area (Å²) in [5.74, 6) is 0.975. The number of hydrogen-bond acceptors (Lipinski definition) is 1. The zero-order valence-corrected chi connectivity index (χ0v) is 11.9. The zero-order valence-electron chi connectivity index (χ0n) is 10.3. The maximum Gasteiger partial charge on any atom is 0.0576 e. The standard InChI is InChI=1S/C14H25BrO/c15-14(12-6-1-2-7-12)10-4-3-8-13-9-5-11-16-13/h12-14H,1-11H2. The zero-order chi connectivity index (χ0) is 11.2. The monoisotopic (exact) mass is 288 g/mol. The van der Waals surface area contributed by atoms with Gasteiger partial charge in [-0.1, -0.05) is 41.6 Å². The lowest BCUT2D eigenvalue weighted by molar-refractivity contribution is 0.102. The Balaban J connectivity index is 1.50. The molecule has 2 unspecified atom stereocenters. The summed E-state index contributed by atoms with van der Waals surface area (Å²) in [6.07, 6.45) is 14.4. The maximum absolute atomic E-state index is 5.65. The summed E-state index contributed by atoms with van der Waals surface area (Å²) in [6.45, 7) is 1.01. The van der Waals surface area contributed by atoms with Crippen molar-refractivity contribution in [2.45, 2.75) is 75.1 Å². The van der Waals surface area contributed by atoms with Crippen molar-refractivity contribution < 1.29 is 4.74 Å². The van der Waals surface area contributed by atoms with Crippen molar-refractivity contribution in [3.63, 3.8) is 0 Å². The Morgan fingerprint density at radius 1 is 1.06 bits per heavy atom. The third kappa shape index (κ3) is 4.03. The maximum atomic E-state index is 5.65. The third-order valence-corrected chi connectivity index (χ3v) is 5.40. The second-order valence-corrected chi connectivity index (χ2v) is 6.66. The Morgan fingerprint density at radius 3 is 2.56 bits per heavy atom. The highest BCUT2D eigenvalue weighted by Gasteiger charge is 2.22. The molecule has 2 rings (SSSR count). The Kier molecular flexibility index (Phi) is 5.64. The molecule has 1 aliphatic heterocycles. The van der Waals surface area contributed by atoms with Gasteiger partial charge in [0.05, 0.1) is 6.10 Å². The molecule has 0 radical (unpaired) electrons. The van der Waals surface area contributed by atoms with Gasteiger partial charge in [0.1, 0.15) is 0 Å². The summed E-state index contributed by atoms with van der Waals surface area (Å²) < 4.78 is 5.65. The van der Waals surface area contributed by atoms with Crippen LogP contribution in [-0.2, 0) is 4.74 Å². The van der Waals surface area contributed by atoms with E-state index >= 15 is 0 Å². The topological polar surface area (TPSA) is 9.23 Å². The van der Waals surface area contributed by atoms with Crippen LogP contribution in [0.15, 0.2) is 0 Å². The van der Waals surface area contributed by atoms with Crippen LogP contribution < -0.4 is 0 Å². The van der Waals surface area contributed by atoms with Crippen LogP contribution in [0, 0.1) is 5.92 Å². The Labute approximate surface area is 108 Å². The average Bonchev–Trinajstić information content (AvgIpc) is 2.96. The molecule has 0 spiro atoms. The molecule has 16 heavy (non-hydrogen) atoms. The first-order valence-corrected chi connectivity index (χ1v) is 8.03. The molecule has 0 aromatic carbocycles. The van der Waals surface area contributed by atoms with Gasteiger partial charge in [-0.3, -0.25) is 0 Å². The molecule has 2 atom stereocenters. The molecular weight excluding hydrogens is 264 g/mol. The minimum Gasteiger partial charge on any atom is -0.378 e. The van der Waals surface area contributed by atoms with Gasteiger partial charge in [0.25, 0.3) is 0 Å². The molecule has 1 saturated carbocycles. The minimum absolute atomic E-state index is 0.597. The molecule has 94 valence electrons. The number of halogens is 1. The molecule has 2 fully saturated rings. The molecule has 1 heterocycles. The van der Waals surface area contributed by atoms with Crippen LogP contribution >= 0.6 is 15.9 Å². The van der Waals surface area contributed by atoms with E-state index in [1.807, 2.05) is 0 Å². The van der Waals surface area contributed by atoms with Gasteiger partial charge in [-0.25, -0.2) is 0 Å². The highest BCUT2D eigenvalue weighted by Crippen LogP contribution is 2.34. The van der Waals surface area contributed by atoms with E-state index < -0.39 is 0 Å². The van der Waals surface area contributed by atoms with E-state index in [0.717, 1.165) is 17.4 Å². The van der Waals surface area contributed by atoms with Gasteiger partial charge in [-0.05, 0) is 44.4 Å². The normalized spacial score (nSPS) is 28.7. The fourth-order valence-corrected chi connectivity index (χ4v) is 3.99. The van der Waals surface area contributed by atoms with Gasteiger partial charge in [-0.2, -0.15) is 0 Å². The van der Waals surface area contributed by atoms with E-state index in [4.69, 9.17) is 4.74 Å². The predicted molar refractivity (Wildman–Crippen MR) is 72.1 cm³/mol. The van der Waals surface area contributed by atoms with E-state index in [-0.39, 0.29) is 0 Å². The van der Waals surface area contributed by atoms with Crippen LogP contribution in [0.5, 0.6) is 0 Å². The number of rotatable bonds is 6. The predicted octanol–water partition coefficient (Wildman–Crippen LogP) is 4.68. The highest BCUT2D eigenvalue weighted by atomic mass is 79.9. The first-order chi connectivity index (χ1) is 7.86. The number of alkyl halides is 1. The smallest absolute Gasteiger partial charge is 0.0576 e. The summed E-state index contributed by atoms with van der Waals surface area (Å²) in [5.41, 5.74) is 0. The molecule has 0 bridgehead atoms. The summed E-state index contributed by atoms with van der Waals surface area (Å²) >= 11 is 3.89. The van der Waals surface area contributed by atoms with Gasteiger partial charge in [0.2, 0.25) is 0 Å². The first-order valence-electron chi connectivity index (χ1n) is 7.12. The molecule has 0 aromatic rings. The lowest BCUT2D eigenvalue weighted by atomic mass is 9.98. The van der Waals surface area contributed by atoms with Crippen molar-refractivity contribution in [1.82, 2.24) is 0 Å². The van der Waals surface area contributed by atoms with Crippen molar-refractivity contribution in [2.75, 3.05) is 6.61 Å². The molecule has 0 aromatic heterocycles. The fourth-order valence-electron chi connectivity index (χ4n) is 3.14. The third-order valence-electron chi connectivity index (χ3n) is 4.19. The average molecular weight is 289 g/mol. The van der Waals surface area contributed by atoms with Crippen LogP contribution in [0.3, 0.4) is 0 Å². The van der Waals surface area contributed by atoms with E-state index in [9.17, 15) is 0 Å². The Bertz CT molecular complexity index is 183. The summed E-state index contributed by atoms with van der Waals surface area (Å²) in [7, 11) is 0. The molecule has 1 saturated heterocycles. The van der Waals surface area contributed by atoms with Crippen molar-refractivity contribution in [3.8, 4) is 0 Å².